The zero-order valence-corrected chi connectivity index (χ0v) is 22.7. The fraction of sp³-hybridized carbons (Fsp3) is 0.214. The minimum atomic E-state index is -0.275. The molecule has 0 fully saturated rings. The van der Waals surface area contributed by atoms with Crippen LogP contribution in [0.5, 0.6) is 23.0 Å². The smallest absolute Gasteiger partial charge is 0.262 e. The molecule has 7 nitrogen and oxygen atoms in total. The van der Waals surface area contributed by atoms with Gasteiger partial charge in [0, 0.05) is 5.69 Å². The number of ether oxygens (including phenoxy) is 4. The van der Waals surface area contributed by atoms with Crippen LogP contribution in [-0.4, -0.2) is 33.3 Å². The molecule has 186 valence electrons. The second-order valence-corrected chi connectivity index (χ2v) is 8.87. The van der Waals surface area contributed by atoms with E-state index in [2.05, 4.69) is 34.0 Å². The lowest BCUT2D eigenvalue weighted by Gasteiger charge is -2.15. The molecule has 3 aromatic carbocycles. The molecule has 1 N–H and O–H groups in total. The third-order valence-electron chi connectivity index (χ3n) is 5.11. The Labute approximate surface area is 224 Å². The van der Waals surface area contributed by atoms with E-state index in [1.54, 1.807) is 44.6 Å². The van der Waals surface area contributed by atoms with Crippen LogP contribution in [-0.2, 0) is 4.79 Å². The molecule has 1 amide bonds. The number of amides is 1. The molecule has 0 saturated heterocycles. The van der Waals surface area contributed by atoms with Crippen LogP contribution in [0.4, 0.5) is 5.69 Å². The Bertz CT molecular complexity index is 1310. The van der Waals surface area contributed by atoms with Crippen LogP contribution in [0.25, 0.3) is 11.6 Å². The largest absolute Gasteiger partial charge is 0.493 e. The number of anilines is 1. The predicted octanol–water partition coefficient (Wildman–Crippen LogP) is 6.10. The van der Waals surface area contributed by atoms with E-state index in [-0.39, 0.29) is 12.5 Å². The third-order valence-corrected chi connectivity index (χ3v) is 5.91. The molecule has 0 radical (unpaired) electrons. The molecule has 0 saturated carbocycles. The molecule has 0 atom stereocenters. The Morgan fingerprint density at radius 1 is 1.03 bits per heavy atom. The zero-order chi connectivity index (χ0) is 26.1. The predicted molar refractivity (Wildman–Crippen MR) is 149 cm³/mol. The van der Waals surface area contributed by atoms with Crippen LogP contribution < -0.4 is 24.3 Å². The summed E-state index contributed by atoms with van der Waals surface area (Å²) in [4.78, 5) is 12.4. The second-order valence-electron chi connectivity index (χ2n) is 7.71. The van der Waals surface area contributed by atoms with E-state index in [0.29, 0.717) is 46.4 Å². The maximum absolute atomic E-state index is 12.4. The Morgan fingerprint density at radius 3 is 2.47 bits per heavy atom. The summed E-state index contributed by atoms with van der Waals surface area (Å²) in [6, 6.07) is 18.8. The first-order chi connectivity index (χ1) is 17.4. The molecule has 36 heavy (non-hydrogen) atoms. The Hall–Kier alpha value is -3.71. The Kier molecular flexibility index (Phi) is 9.59. The zero-order valence-electron chi connectivity index (χ0n) is 20.6. The van der Waals surface area contributed by atoms with Gasteiger partial charge in [0.1, 0.15) is 0 Å². The average molecular weight is 598 g/mol. The standard InChI is InChI=1S/C28H27IN2O5/c1-5-35-26-14-19(12-21(16-30)20-9-10-24(33-3)25(15-20)34-4)13-23(29)28(26)36-17-27(32)31-22-8-6-7-18(2)11-22/h6-15H,5,17H2,1-4H3,(H,31,32)/b21-12+. The minimum Gasteiger partial charge on any atom is -0.493 e. The molecule has 3 rings (SSSR count). The summed E-state index contributed by atoms with van der Waals surface area (Å²) in [5.41, 5.74) is 3.65. The molecule has 0 aliphatic heterocycles. The molecule has 0 aliphatic carbocycles. The van der Waals surface area contributed by atoms with Gasteiger partial charge in [-0.3, -0.25) is 4.79 Å². The number of halogens is 1. The molecule has 0 spiro atoms. The highest BCUT2D eigenvalue weighted by atomic mass is 127. The van der Waals surface area contributed by atoms with E-state index in [1.807, 2.05) is 44.2 Å². The normalized spacial score (nSPS) is 10.8. The van der Waals surface area contributed by atoms with Crippen LogP contribution in [0.2, 0.25) is 0 Å². The van der Waals surface area contributed by atoms with E-state index < -0.39 is 0 Å². The first-order valence-electron chi connectivity index (χ1n) is 11.2. The minimum absolute atomic E-state index is 0.172. The fourth-order valence-electron chi connectivity index (χ4n) is 3.48. The summed E-state index contributed by atoms with van der Waals surface area (Å²) in [6.45, 7) is 4.07. The maximum atomic E-state index is 12.4. The van der Waals surface area contributed by atoms with Gasteiger partial charge >= 0.3 is 0 Å². The molecule has 0 bridgehead atoms. The van der Waals surface area contributed by atoms with Crippen molar-refractivity contribution < 1.29 is 23.7 Å². The van der Waals surface area contributed by atoms with E-state index in [1.165, 1.54) is 0 Å². The Balaban J connectivity index is 1.84. The van der Waals surface area contributed by atoms with Gasteiger partial charge in [-0.2, -0.15) is 5.26 Å². The number of hydrogen-bond acceptors (Lipinski definition) is 6. The molecule has 8 heteroatoms. The summed E-state index contributed by atoms with van der Waals surface area (Å²) in [7, 11) is 3.11. The van der Waals surface area contributed by atoms with Gasteiger partial charge in [-0.05, 0) is 102 Å². The van der Waals surface area contributed by atoms with Gasteiger partial charge in [-0.25, -0.2) is 0 Å². The van der Waals surface area contributed by atoms with E-state index in [4.69, 9.17) is 18.9 Å². The van der Waals surface area contributed by atoms with Crippen LogP contribution in [0.3, 0.4) is 0 Å². The van der Waals surface area contributed by atoms with Crippen LogP contribution in [0, 0.1) is 21.8 Å². The molecule has 0 aliphatic rings. The lowest BCUT2D eigenvalue weighted by atomic mass is 10.0. The van der Waals surface area contributed by atoms with E-state index >= 15 is 0 Å². The number of nitrogens with one attached hydrogen (secondary N) is 1. The third kappa shape index (κ3) is 6.92. The van der Waals surface area contributed by atoms with Gasteiger partial charge in [0.2, 0.25) is 0 Å². The van der Waals surface area contributed by atoms with Gasteiger partial charge in [-0.1, -0.05) is 12.1 Å². The van der Waals surface area contributed by atoms with Gasteiger partial charge in [0.15, 0.2) is 29.6 Å². The number of nitrogens with zero attached hydrogens (tertiary/aromatic N) is 1. The second kappa shape index (κ2) is 12.8. The Morgan fingerprint density at radius 2 is 1.81 bits per heavy atom. The number of carbonyl (C=O) groups is 1. The van der Waals surface area contributed by atoms with Crippen LogP contribution in [0.1, 0.15) is 23.6 Å². The van der Waals surface area contributed by atoms with Crippen LogP contribution in [0.15, 0.2) is 54.6 Å². The van der Waals surface area contributed by atoms with Crippen molar-refractivity contribution in [3.05, 3.63) is 74.9 Å². The van der Waals surface area contributed by atoms with Crippen molar-refractivity contribution in [2.75, 3.05) is 32.8 Å². The highest BCUT2D eigenvalue weighted by molar-refractivity contribution is 14.1. The number of methoxy groups -OCH3 is 2. The van der Waals surface area contributed by atoms with Crippen LogP contribution >= 0.6 is 22.6 Å². The monoisotopic (exact) mass is 598 g/mol. The van der Waals surface area contributed by atoms with Crippen molar-refractivity contribution in [2.24, 2.45) is 0 Å². The van der Waals surface area contributed by atoms with Crippen molar-refractivity contribution in [1.82, 2.24) is 0 Å². The summed E-state index contributed by atoms with van der Waals surface area (Å²) in [6.07, 6.45) is 1.76. The lowest BCUT2D eigenvalue weighted by molar-refractivity contribution is -0.118. The molecule has 0 unspecified atom stereocenters. The highest BCUT2D eigenvalue weighted by Crippen LogP contribution is 2.36. The summed E-state index contributed by atoms with van der Waals surface area (Å²) >= 11 is 2.13. The van der Waals surface area contributed by atoms with Gasteiger partial charge in [0.05, 0.1) is 36.0 Å². The van der Waals surface area contributed by atoms with E-state index in [0.717, 1.165) is 14.7 Å². The number of carbonyl (C=O) groups excluding carboxylic acids is 1. The quantitative estimate of drug-likeness (QED) is 0.173. The maximum Gasteiger partial charge on any atom is 0.262 e. The van der Waals surface area contributed by atoms with Crippen molar-refractivity contribution in [2.45, 2.75) is 13.8 Å². The van der Waals surface area contributed by atoms with Gasteiger partial charge in [-0.15, -0.1) is 0 Å². The first-order valence-corrected chi connectivity index (χ1v) is 12.3. The lowest BCUT2D eigenvalue weighted by Crippen LogP contribution is -2.20. The topological polar surface area (TPSA) is 89.8 Å². The van der Waals surface area contributed by atoms with Crippen molar-refractivity contribution in [1.29, 1.82) is 5.26 Å². The molecular formula is C28H27IN2O5. The summed E-state index contributed by atoms with van der Waals surface area (Å²) in [5.74, 6) is 1.80. The number of benzene rings is 3. The molecule has 3 aromatic rings. The average Bonchev–Trinajstić information content (AvgIpc) is 2.86. The SMILES string of the molecule is CCOc1cc(/C=C(\C#N)c2ccc(OC)c(OC)c2)cc(I)c1OCC(=O)Nc1cccc(C)c1. The fourth-order valence-corrected chi connectivity index (χ4v) is 4.26. The highest BCUT2D eigenvalue weighted by Gasteiger charge is 2.15. The van der Waals surface area contributed by atoms with Crippen molar-refractivity contribution >= 4 is 45.8 Å². The molecule has 0 heterocycles. The first kappa shape index (κ1) is 26.9. The number of nitriles is 1. The molecule has 0 aromatic heterocycles. The van der Waals surface area contributed by atoms with Gasteiger partial charge in [0.25, 0.3) is 5.91 Å². The molecular weight excluding hydrogens is 571 g/mol. The number of rotatable bonds is 10. The number of aryl methyl sites for hydroxylation is 1. The number of hydrogen-bond donors (Lipinski definition) is 1. The number of allylic oxidation sites excluding steroid dienone is 1. The van der Waals surface area contributed by atoms with Crippen molar-refractivity contribution in [3.63, 3.8) is 0 Å². The van der Waals surface area contributed by atoms with Gasteiger partial charge < -0.3 is 24.3 Å². The van der Waals surface area contributed by atoms with E-state index in [9.17, 15) is 10.1 Å². The summed E-state index contributed by atoms with van der Waals surface area (Å²) < 4.78 is 23.1. The summed E-state index contributed by atoms with van der Waals surface area (Å²) in [5, 5.41) is 12.7. The van der Waals surface area contributed by atoms with Crippen molar-refractivity contribution in [3.8, 4) is 29.1 Å².